The van der Waals surface area contributed by atoms with Crippen molar-refractivity contribution in [2.45, 2.75) is 62.8 Å². The third-order valence-corrected chi connectivity index (χ3v) is 7.23. The summed E-state index contributed by atoms with van der Waals surface area (Å²) in [6.07, 6.45) is 3.56. The minimum atomic E-state index is -0.499. The lowest BCUT2D eigenvalue weighted by Gasteiger charge is -2.37. The van der Waals surface area contributed by atoms with Gasteiger partial charge in [-0.1, -0.05) is 36.8 Å². The fourth-order valence-electron chi connectivity index (χ4n) is 5.15. The van der Waals surface area contributed by atoms with E-state index >= 15 is 0 Å². The average Bonchev–Trinajstić information content (AvgIpc) is 3.16. The van der Waals surface area contributed by atoms with Gasteiger partial charge in [-0.2, -0.15) is 0 Å². The summed E-state index contributed by atoms with van der Waals surface area (Å²) in [5.74, 6) is 0.891. The number of fused-ring (bicyclic) bond motifs is 3. The van der Waals surface area contributed by atoms with E-state index in [0.29, 0.717) is 13.0 Å². The van der Waals surface area contributed by atoms with Crippen molar-refractivity contribution in [1.82, 2.24) is 5.32 Å². The Morgan fingerprint density at radius 2 is 1.91 bits per heavy atom. The summed E-state index contributed by atoms with van der Waals surface area (Å²) in [5.41, 5.74) is 2.95. The molecule has 0 bridgehead atoms. The minimum absolute atomic E-state index is 0.00331. The molecule has 0 aromatic heterocycles. The van der Waals surface area contributed by atoms with Crippen molar-refractivity contribution in [3.63, 3.8) is 0 Å². The third-order valence-electron chi connectivity index (χ3n) is 7.23. The van der Waals surface area contributed by atoms with E-state index in [1.807, 2.05) is 48.5 Å². The van der Waals surface area contributed by atoms with Gasteiger partial charge in [-0.25, -0.2) is 0 Å². The second kappa shape index (κ2) is 10.2. The molecular formula is C27H32N2O5. The van der Waals surface area contributed by atoms with Crippen LogP contribution in [-0.4, -0.2) is 48.4 Å². The first-order valence-corrected chi connectivity index (χ1v) is 12.3. The van der Waals surface area contributed by atoms with Crippen molar-refractivity contribution in [1.29, 1.82) is 0 Å². The second-order valence-corrected chi connectivity index (χ2v) is 9.56. The van der Waals surface area contributed by atoms with Gasteiger partial charge in [0.25, 0.3) is 0 Å². The van der Waals surface area contributed by atoms with Crippen molar-refractivity contribution in [3.8, 4) is 5.75 Å². The molecule has 4 atom stereocenters. The lowest BCUT2D eigenvalue weighted by molar-refractivity contribution is -0.142. The number of anilines is 1. The summed E-state index contributed by atoms with van der Waals surface area (Å²) < 4.78 is 12.2. The number of carbonyl (C=O) groups is 2. The van der Waals surface area contributed by atoms with Gasteiger partial charge in [0.2, 0.25) is 11.8 Å². The van der Waals surface area contributed by atoms with Crippen LogP contribution >= 0.6 is 0 Å². The van der Waals surface area contributed by atoms with Crippen molar-refractivity contribution < 1.29 is 24.2 Å². The van der Waals surface area contributed by atoms with Crippen LogP contribution in [0, 0.1) is 5.92 Å². The van der Waals surface area contributed by atoms with Crippen LogP contribution in [0.2, 0.25) is 0 Å². The van der Waals surface area contributed by atoms with E-state index in [-0.39, 0.29) is 48.9 Å². The van der Waals surface area contributed by atoms with E-state index in [1.165, 1.54) is 5.56 Å². The number of hydrogen-bond acceptors (Lipinski definition) is 5. The van der Waals surface area contributed by atoms with E-state index in [0.717, 1.165) is 42.7 Å². The Kier molecular flexibility index (Phi) is 6.83. The summed E-state index contributed by atoms with van der Waals surface area (Å²) >= 11 is 0. The first-order valence-electron chi connectivity index (χ1n) is 12.3. The fourth-order valence-corrected chi connectivity index (χ4v) is 5.15. The SMILES string of the molecule is O=C(C[C@H]1C[C@@H]2c3cc(NC(=O)C4CCC4)ccc3O[C@@H]2[C@H](CO)O1)NCCc1ccccc1. The summed E-state index contributed by atoms with van der Waals surface area (Å²) in [5, 5.41) is 16.0. The smallest absolute Gasteiger partial charge is 0.227 e. The molecule has 0 unspecified atom stereocenters. The Morgan fingerprint density at radius 1 is 1.09 bits per heavy atom. The highest BCUT2D eigenvalue weighted by Gasteiger charge is 2.46. The van der Waals surface area contributed by atoms with Crippen LogP contribution in [0.4, 0.5) is 5.69 Å². The quantitative estimate of drug-likeness (QED) is 0.558. The number of ether oxygens (including phenoxy) is 2. The standard InChI is InChI=1S/C27H32N2O5/c30-16-24-26-22(14-20(33-24)15-25(31)28-12-11-17-5-2-1-3-6-17)21-13-19(9-10-23(21)34-26)29-27(32)18-7-4-8-18/h1-3,5-6,9-10,13,18,20,22,24,26,30H,4,7-8,11-12,14-16H2,(H,28,31)(H,29,32)/t20-,22-,24+,26+/m1/s1. The van der Waals surface area contributed by atoms with Crippen molar-refractivity contribution in [3.05, 3.63) is 59.7 Å². The number of rotatable bonds is 8. The van der Waals surface area contributed by atoms with E-state index in [9.17, 15) is 14.7 Å². The zero-order valence-corrected chi connectivity index (χ0v) is 19.2. The maximum Gasteiger partial charge on any atom is 0.227 e. The van der Waals surface area contributed by atoms with Crippen LogP contribution in [-0.2, 0) is 20.7 Å². The third kappa shape index (κ3) is 4.95. The zero-order valence-electron chi connectivity index (χ0n) is 19.2. The maximum atomic E-state index is 12.6. The highest BCUT2D eigenvalue weighted by molar-refractivity contribution is 5.93. The van der Waals surface area contributed by atoms with E-state index in [1.54, 1.807) is 0 Å². The van der Waals surface area contributed by atoms with Crippen molar-refractivity contribution in [2.24, 2.45) is 5.92 Å². The van der Waals surface area contributed by atoms with Gasteiger partial charge in [0, 0.05) is 29.6 Å². The van der Waals surface area contributed by atoms with Gasteiger partial charge >= 0.3 is 0 Å². The number of carbonyl (C=O) groups excluding carboxylic acids is 2. The van der Waals surface area contributed by atoms with Gasteiger partial charge in [0.05, 0.1) is 19.1 Å². The highest BCUT2D eigenvalue weighted by atomic mass is 16.6. The molecule has 1 aliphatic carbocycles. The molecule has 3 N–H and O–H groups in total. The summed E-state index contributed by atoms with van der Waals surface area (Å²) in [7, 11) is 0. The molecule has 180 valence electrons. The Bertz CT molecular complexity index is 1020. The Labute approximate surface area is 199 Å². The van der Waals surface area contributed by atoms with Crippen LogP contribution < -0.4 is 15.4 Å². The topological polar surface area (TPSA) is 96.9 Å². The highest BCUT2D eigenvalue weighted by Crippen LogP contribution is 2.47. The van der Waals surface area contributed by atoms with Crippen LogP contribution in [0.3, 0.4) is 0 Å². The largest absolute Gasteiger partial charge is 0.487 e. The number of benzene rings is 2. The molecule has 0 spiro atoms. The molecule has 34 heavy (non-hydrogen) atoms. The molecule has 2 aliphatic heterocycles. The molecule has 7 heteroatoms. The normalized spacial score (nSPS) is 25.4. The molecule has 2 fully saturated rings. The van der Waals surface area contributed by atoms with Gasteiger partial charge in [0.15, 0.2) is 0 Å². The number of hydrogen-bond donors (Lipinski definition) is 3. The number of aliphatic hydroxyl groups excluding tert-OH is 1. The van der Waals surface area contributed by atoms with Gasteiger partial charge < -0.3 is 25.2 Å². The van der Waals surface area contributed by atoms with Gasteiger partial charge in [-0.3, -0.25) is 9.59 Å². The van der Waals surface area contributed by atoms with E-state index in [2.05, 4.69) is 10.6 Å². The lowest BCUT2D eigenvalue weighted by Crippen LogP contribution is -2.47. The molecule has 1 saturated heterocycles. The molecule has 0 radical (unpaired) electrons. The number of aliphatic hydroxyl groups is 1. The number of amides is 2. The minimum Gasteiger partial charge on any atom is -0.487 e. The summed E-state index contributed by atoms with van der Waals surface area (Å²) in [6, 6.07) is 15.8. The monoisotopic (exact) mass is 464 g/mol. The van der Waals surface area contributed by atoms with Gasteiger partial charge in [-0.15, -0.1) is 0 Å². The van der Waals surface area contributed by atoms with Crippen LogP contribution in [0.15, 0.2) is 48.5 Å². The van der Waals surface area contributed by atoms with Crippen LogP contribution in [0.25, 0.3) is 0 Å². The maximum absolute atomic E-state index is 12.6. The molecule has 7 nitrogen and oxygen atoms in total. The van der Waals surface area contributed by atoms with Gasteiger partial charge in [0.1, 0.15) is 18.0 Å². The first kappa shape index (κ1) is 22.9. The Balaban J connectivity index is 1.21. The lowest BCUT2D eigenvalue weighted by atomic mass is 9.83. The molecule has 2 aromatic carbocycles. The summed E-state index contributed by atoms with van der Waals surface area (Å²) in [4.78, 5) is 25.0. The molecule has 2 heterocycles. The van der Waals surface area contributed by atoms with E-state index in [4.69, 9.17) is 9.47 Å². The van der Waals surface area contributed by atoms with Crippen molar-refractivity contribution >= 4 is 17.5 Å². The fraction of sp³-hybridized carbons (Fsp3) is 0.481. The van der Waals surface area contributed by atoms with Crippen LogP contribution in [0.1, 0.15) is 49.1 Å². The molecule has 2 amide bonds. The van der Waals surface area contributed by atoms with Crippen LogP contribution in [0.5, 0.6) is 5.75 Å². The zero-order chi connectivity index (χ0) is 23.5. The Hall–Kier alpha value is -2.90. The first-order chi connectivity index (χ1) is 16.6. The second-order valence-electron chi connectivity index (χ2n) is 9.56. The molecule has 3 aliphatic rings. The average molecular weight is 465 g/mol. The molecular weight excluding hydrogens is 432 g/mol. The van der Waals surface area contributed by atoms with Crippen molar-refractivity contribution in [2.75, 3.05) is 18.5 Å². The summed E-state index contributed by atoms with van der Waals surface area (Å²) in [6.45, 7) is 0.396. The number of nitrogens with one attached hydrogen (secondary N) is 2. The molecule has 1 saturated carbocycles. The molecule has 5 rings (SSSR count). The van der Waals surface area contributed by atoms with E-state index < -0.39 is 6.10 Å². The predicted molar refractivity (Wildman–Crippen MR) is 128 cm³/mol. The Morgan fingerprint density at radius 3 is 2.65 bits per heavy atom. The molecule has 2 aromatic rings. The predicted octanol–water partition coefficient (Wildman–Crippen LogP) is 3.17. The van der Waals surface area contributed by atoms with Gasteiger partial charge in [-0.05, 0) is 49.4 Å².